The molecular formula is C8H14BNO2. The third-order valence-corrected chi connectivity index (χ3v) is 1.02. The van der Waals surface area contributed by atoms with Crippen molar-refractivity contribution in [1.29, 1.82) is 0 Å². The summed E-state index contributed by atoms with van der Waals surface area (Å²) in [6.45, 7) is 0.914. The molecule has 0 amide bonds. The molecule has 1 aromatic rings. The second-order valence-electron chi connectivity index (χ2n) is 1.98. The van der Waals surface area contributed by atoms with Crippen LogP contribution < -0.4 is 5.73 Å². The van der Waals surface area contributed by atoms with E-state index in [-0.39, 0.29) is 7.69 Å². The Kier molecular flexibility index (Phi) is 9.46. The summed E-state index contributed by atoms with van der Waals surface area (Å²) >= 11 is 0. The van der Waals surface area contributed by atoms with Crippen LogP contribution in [0.25, 0.3) is 0 Å². The normalized spacial score (nSPS) is 8.17. The summed E-state index contributed by atoms with van der Waals surface area (Å²) < 4.78 is 4.41. The molecule has 12 heavy (non-hydrogen) atoms. The van der Waals surface area contributed by atoms with Gasteiger partial charge in [0.1, 0.15) is 0 Å². The van der Waals surface area contributed by atoms with Crippen LogP contribution in [0.4, 0.5) is 0 Å². The van der Waals surface area contributed by atoms with Gasteiger partial charge in [-0.3, -0.25) is 0 Å². The zero-order chi connectivity index (χ0) is 9.07. The van der Waals surface area contributed by atoms with Crippen LogP contribution in [0, 0.1) is 0 Å². The van der Waals surface area contributed by atoms with Crippen LogP contribution in [-0.4, -0.2) is 25.9 Å². The summed E-state index contributed by atoms with van der Waals surface area (Å²) in [4.78, 5) is 0. The Morgan fingerprint density at radius 2 is 1.50 bits per heavy atom. The molecule has 3 nitrogen and oxygen atoms in total. The van der Waals surface area contributed by atoms with E-state index in [1.54, 1.807) is 0 Å². The number of benzene rings is 1. The zero-order valence-electron chi connectivity index (χ0n) is 7.02. The van der Waals surface area contributed by atoms with Gasteiger partial charge in [-0.05, 0) is 0 Å². The molecule has 0 aliphatic carbocycles. The van der Waals surface area contributed by atoms with Gasteiger partial charge in [-0.1, -0.05) is 36.4 Å². The molecular weight excluding hydrogens is 153 g/mol. The summed E-state index contributed by atoms with van der Waals surface area (Å²) in [5.41, 5.74) is 4.98. The molecule has 0 atom stereocenters. The van der Waals surface area contributed by atoms with Gasteiger partial charge in [-0.2, -0.15) is 0 Å². The first-order valence-electron chi connectivity index (χ1n) is 3.80. The minimum absolute atomic E-state index is 0.225. The van der Waals surface area contributed by atoms with Crippen LogP contribution in [0.5, 0.6) is 0 Å². The van der Waals surface area contributed by atoms with E-state index in [1.165, 1.54) is 0 Å². The molecule has 0 spiro atoms. The van der Waals surface area contributed by atoms with Gasteiger partial charge >= 0.3 is 7.69 Å². The Labute approximate surface area is 73.5 Å². The van der Waals surface area contributed by atoms with Crippen molar-refractivity contribution in [2.45, 2.75) is 0 Å². The number of hydrogen-bond donors (Lipinski definition) is 2. The first-order valence-corrected chi connectivity index (χ1v) is 3.80. The lowest BCUT2D eigenvalue weighted by molar-refractivity contribution is 0.293. The van der Waals surface area contributed by atoms with Gasteiger partial charge in [0.25, 0.3) is 0 Å². The van der Waals surface area contributed by atoms with Gasteiger partial charge in [0.15, 0.2) is 0 Å². The molecule has 0 radical (unpaired) electrons. The van der Waals surface area contributed by atoms with Crippen LogP contribution in [0.15, 0.2) is 36.4 Å². The lowest BCUT2D eigenvalue weighted by Gasteiger charge is -1.89. The monoisotopic (exact) mass is 167 g/mol. The molecule has 0 aliphatic heterocycles. The van der Waals surface area contributed by atoms with Crippen LogP contribution >= 0.6 is 0 Å². The van der Waals surface area contributed by atoms with Crippen LogP contribution in [0.3, 0.4) is 0 Å². The van der Waals surface area contributed by atoms with E-state index in [4.69, 9.17) is 10.8 Å². The minimum atomic E-state index is -0.225. The summed E-state index contributed by atoms with van der Waals surface area (Å²) in [5, 5.41) is 7.92. The summed E-state index contributed by atoms with van der Waals surface area (Å²) in [6, 6.07) is 12.0. The molecule has 1 aromatic carbocycles. The predicted molar refractivity (Wildman–Crippen MR) is 50.8 cm³/mol. The zero-order valence-corrected chi connectivity index (χ0v) is 7.02. The largest absolute Gasteiger partial charge is 0.435 e. The van der Waals surface area contributed by atoms with E-state index >= 15 is 0 Å². The van der Waals surface area contributed by atoms with Crippen molar-refractivity contribution >= 4 is 7.69 Å². The molecule has 4 heteroatoms. The van der Waals surface area contributed by atoms with E-state index in [2.05, 4.69) is 4.65 Å². The van der Waals surface area contributed by atoms with E-state index in [0.717, 1.165) is 0 Å². The van der Waals surface area contributed by atoms with E-state index < -0.39 is 0 Å². The van der Waals surface area contributed by atoms with E-state index in [1.807, 2.05) is 36.4 Å². The summed E-state index contributed by atoms with van der Waals surface area (Å²) in [7, 11) is -0.225. The molecule has 0 unspecified atom stereocenters. The van der Waals surface area contributed by atoms with Crippen molar-refractivity contribution in [1.82, 2.24) is 0 Å². The molecule has 3 N–H and O–H groups in total. The molecule has 0 fully saturated rings. The third-order valence-electron chi connectivity index (χ3n) is 1.02. The SMILES string of the molecule is NCCOBO.c1ccccc1. The van der Waals surface area contributed by atoms with Gasteiger partial charge in [0.2, 0.25) is 0 Å². The van der Waals surface area contributed by atoms with Crippen LogP contribution in [0.1, 0.15) is 0 Å². The molecule has 1 rings (SSSR count). The van der Waals surface area contributed by atoms with Crippen molar-refractivity contribution in [3.05, 3.63) is 36.4 Å². The Balaban J connectivity index is 0.000000202. The van der Waals surface area contributed by atoms with Gasteiger partial charge in [-0.15, -0.1) is 0 Å². The summed E-state index contributed by atoms with van der Waals surface area (Å²) in [5.74, 6) is 0. The van der Waals surface area contributed by atoms with Crippen molar-refractivity contribution in [2.75, 3.05) is 13.2 Å². The Hall–Kier alpha value is -0.835. The first-order chi connectivity index (χ1) is 5.91. The van der Waals surface area contributed by atoms with Gasteiger partial charge in [-0.25, -0.2) is 0 Å². The van der Waals surface area contributed by atoms with Crippen LogP contribution in [0.2, 0.25) is 0 Å². The fourth-order valence-corrected chi connectivity index (χ4v) is 0.533. The predicted octanol–water partition coefficient (Wildman–Crippen LogP) is -0.0929. The lowest BCUT2D eigenvalue weighted by Crippen LogP contribution is -2.10. The average Bonchev–Trinajstić information content (AvgIpc) is 2.18. The van der Waals surface area contributed by atoms with E-state index in [0.29, 0.717) is 13.2 Å². The Bertz CT molecular complexity index is 130. The van der Waals surface area contributed by atoms with Crippen molar-refractivity contribution in [2.24, 2.45) is 5.73 Å². The molecule has 0 aromatic heterocycles. The topological polar surface area (TPSA) is 55.5 Å². The maximum atomic E-state index is 7.92. The van der Waals surface area contributed by atoms with Gasteiger partial charge in [0, 0.05) is 13.2 Å². The molecule has 0 saturated heterocycles. The third kappa shape index (κ3) is 9.16. The highest BCUT2D eigenvalue weighted by Gasteiger charge is 1.78. The molecule has 0 aliphatic rings. The highest BCUT2D eigenvalue weighted by molar-refractivity contribution is 6.15. The van der Waals surface area contributed by atoms with Crippen molar-refractivity contribution in [3.8, 4) is 0 Å². The fourth-order valence-electron chi connectivity index (χ4n) is 0.533. The summed E-state index contributed by atoms with van der Waals surface area (Å²) in [6.07, 6.45) is 0. The number of rotatable bonds is 3. The molecule has 0 bridgehead atoms. The number of nitrogens with two attached hydrogens (primary N) is 1. The van der Waals surface area contributed by atoms with E-state index in [9.17, 15) is 0 Å². The first kappa shape index (κ1) is 11.2. The van der Waals surface area contributed by atoms with Crippen molar-refractivity contribution < 1.29 is 9.68 Å². The highest BCUT2D eigenvalue weighted by atomic mass is 16.5. The molecule has 0 saturated carbocycles. The van der Waals surface area contributed by atoms with Gasteiger partial charge in [0.05, 0.1) is 0 Å². The average molecular weight is 167 g/mol. The molecule has 66 valence electrons. The second kappa shape index (κ2) is 10.2. The quantitative estimate of drug-likeness (QED) is 0.488. The minimum Gasteiger partial charge on any atom is -0.430 e. The Morgan fingerprint density at radius 1 is 1.08 bits per heavy atom. The highest BCUT2D eigenvalue weighted by Crippen LogP contribution is 1.79. The maximum Gasteiger partial charge on any atom is 0.435 e. The fraction of sp³-hybridized carbons (Fsp3) is 0.250. The standard InChI is InChI=1S/C6H6.C2H8BNO2/c1-2-4-6-5-3-1;4-1-2-6-3-5/h1-6H;3,5H,1-2,4H2. The van der Waals surface area contributed by atoms with Crippen molar-refractivity contribution in [3.63, 3.8) is 0 Å². The molecule has 0 heterocycles. The Morgan fingerprint density at radius 3 is 1.67 bits per heavy atom. The second-order valence-corrected chi connectivity index (χ2v) is 1.98. The van der Waals surface area contributed by atoms with Crippen LogP contribution in [-0.2, 0) is 4.65 Å². The smallest absolute Gasteiger partial charge is 0.430 e. The van der Waals surface area contributed by atoms with Gasteiger partial charge < -0.3 is 15.4 Å². The number of hydrogen-bond acceptors (Lipinski definition) is 3. The maximum absolute atomic E-state index is 7.92. The lowest BCUT2D eigenvalue weighted by atomic mass is 10.4.